The van der Waals surface area contributed by atoms with Gasteiger partial charge in [0.25, 0.3) is 5.79 Å². The van der Waals surface area contributed by atoms with E-state index in [1.807, 2.05) is 44.2 Å². The first-order valence-electron chi connectivity index (χ1n) is 9.10. The summed E-state index contributed by atoms with van der Waals surface area (Å²) in [7, 11) is 0. The van der Waals surface area contributed by atoms with Crippen molar-refractivity contribution in [1.29, 1.82) is 0 Å². The van der Waals surface area contributed by atoms with E-state index in [2.05, 4.69) is 10.4 Å². The predicted molar refractivity (Wildman–Crippen MR) is 106 cm³/mol. The molecule has 1 aliphatic rings. The average molecular weight is 392 g/mol. The van der Waals surface area contributed by atoms with Crippen LogP contribution in [-0.4, -0.2) is 32.5 Å². The molecule has 0 amide bonds. The molecular weight excluding hydrogens is 372 g/mol. The summed E-state index contributed by atoms with van der Waals surface area (Å²) in [5, 5.41) is 8.35. The number of hydrogen-bond donors (Lipinski definition) is 1. The first-order valence-corrected chi connectivity index (χ1v) is 9.10. The minimum absolute atomic E-state index is 0.212. The number of para-hydroxylation sites is 1. The summed E-state index contributed by atoms with van der Waals surface area (Å²) >= 11 is 0. The van der Waals surface area contributed by atoms with Gasteiger partial charge in [-0.25, -0.2) is 19.3 Å². The van der Waals surface area contributed by atoms with Crippen LogP contribution in [0.2, 0.25) is 0 Å². The van der Waals surface area contributed by atoms with E-state index in [9.17, 15) is 9.59 Å². The van der Waals surface area contributed by atoms with Gasteiger partial charge in [0.05, 0.1) is 16.9 Å². The van der Waals surface area contributed by atoms with E-state index < -0.39 is 17.7 Å². The molecule has 1 N–H and O–H groups in total. The van der Waals surface area contributed by atoms with E-state index in [0.29, 0.717) is 17.0 Å². The molecule has 0 unspecified atom stereocenters. The van der Waals surface area contributed by atoms with Gasteiger partial charge in [-0.2, -0.15) is 5.10 Å². The Bertz CT molecular complexity index is 1150. The van der Waals surface area contributed by atoms with Crippen LogP contribution in [0.1, 0.15) is 25.2 Å². The Morgan fingerprint density at radius 3 is 2.45 bits per heavy atom. The fourth-order valence-electron chi connectivity index (χ4n) is 3.16. The Kier molecular flexibility index (Phi) is 4.34. The number of esters is 2. The molecule has 0 spiro atoms. The van der Waals surface area contributed by atoms with Gasteiger partial charge in [-0.1, -0.05) is 12.1 Å². The number of nitrogens with one attached hydrogen (secondary N) is 1. The van der Waals surface area contributed by atoms with E-state index in [1.54, 1.807) is 10.7 Å². The van der Waals surface area contributed by atoms with Crippen molar-refractivity contribution in [2.24, 2.45) is 0 Å². The molecule has 0 saturated carbocycles. The second-order valence-electron chi connectivity index (χ2n) is 7.27. The molecule has 148 valence electrons. The molecule has 29 heavy (non-hydrogen) atoms. The smallest absolute Gasteiger partial charge is 0.350 e. The van der Waals surface area contributed by atoms with Crippen molar-refractivity contribution in [3.8, 4) is 5.82 Å². The lowest BCUT2D eigenvalue weighted by Gasteiger charge is -2.29. The Balaban J connectivity index is 1.71. The number of carbonyl (C=O) groups is 2. The maximum absolute atomic E-state index is 12.1. The number of ether oxygens (including phenoxy) is 2. The lowest BCUT2D eigenvalue weighted by atomic mass is 10.2. The number of aromatic nitrogens is 3. The summed E-state index contributed by atoms with van der Waals surface area (Å²) in [6.07, 6.45) is 1.28. The highest BCUT2D eigenvalue weighted by Crippen LogP contribution is 2.26. The number of cyclic esters (lactones) is 2. The van der Waals surface area contributed by atoms with Crippen molar-refractivity contribution in [3.63, 3.8) is 0 Å². The fraction of sp³-hybridized carbons (Fsp3) is 0.238. The van der Waals surface area contributed by atoms with Crippen molar-refractivity contribution < 1.29 is 19.1 Å². The Morgan fingerprint density at radius 1 is 1.07 bits per heavy atom. The predicted octanol–water partition coefficient (Wildman–Crippen LogP) is 3.17. The number of rotatable bonds is 3. The maximum Gasteiger partial charge on any atom is 0.350 e. The highest BCUT2D eigenvalue weighted by atomic mass is 16.7. The molecule has 4 rings (SSSR count). The van der Waals surface area contributed by atoms with Crippen LogP contribution in [0.15, 0.2) is 48.2 Å². The minimum atomic E-state index is -1.28. The molecule has 1 fully saturated rings. The lowest BCUT2D eigenvalue weighted by molar-refractivity contribution is -0.222. The molecule has 2 aromatic heterocycles. The number of carbonyl (C=O) groups excluding carboxylic acids is 2. The second-order valence-corrected chi connectivity index (χ2v) is 7.27. The van der Waals surface area contributed by atoms with Gasteiger partial charge < -0.3 is 14.8 Å². The second kappa shape index (κ2) is 6.73. The molecule has 1 aliphatic heterocycles. The summed E-state index contributed by atoms with van der Waals surface area (Å²) < 4.78 is 12.0. The van der Waals surface area contributed by atoms with Gasteiger partial charge in [0, 0.05) is 31.1 Å². The van der Waals surface area contributed by atoms with Crippen molar-refractivity contribution in [2.45, 2.75) is 33.5 Å². The van der Waals surface area contributed by atoms with Crippen LogP contribution in [0.4, 0.5) is 5.69 Å². The van der Waals surface area contributed by atoms with E-state index >= 15 is 0 Å². The number of fused-ring (bicyclic) bond motifs is 1. The van der Waals surface area contributed by atoms with Crippen molar-refractivity contribution in [3.05, 3.63) is 59.6 Å². The van der Waals surface area contributed by atoms with Crippen LogP contribution in [-0.2, 0) is 19.1 Å². The van der Waals surface area contributed by atoms with Crippen LogP contribution in [0.3, 0.4) is 0 Å². The number of nitrogens with zero attached hydrogens (tertiary/aromatic N) is 3. The van der Waals surface area contributed by atoms with E-state index in [0.717, 1.165) is 16.8 Å². The quantitative estimate of drug-likeness (QED) is 0.415. The first-order chi connectivity index (χ1) is 13.7. The molecule has 1 aromatic carbocycles. The van der Waals surface area contributed by atoms with Crippen LogP contribution in [0.25, 0.3) is 16.7 Å². The third kappa shape index (κ3) is 3.56. The molecule has 0 atom stereocenters. The first kappa shape index (κ1) is 18.7. The van der Waals surface area contributed by atoms with Crippen LogP contribution in [0, 0.1) is 13.8 Å². The van der Waals surface area contributed by atoms with Gasteiger partial charge in [0.2, 0.25) is 0 Å². The number of benzene rings is 1. The van der Waals surface area contributed by atoms with E-state index in [1.165, 1.54) is 20.0 Å². The summed E-state index contributed by atoms with van der Waals surface area (Å²) in [4.78, 5) is 29.0. The average Bonchev–Trinajstić information content (AvgIpc) is 2.98. The highest BCUT2D eigenvalue weighted by molar-refractivity contribution is 6.15. The summed E-state index contributed by atoms with van der Waals surface area (Å²) in [6, 6.07) is 11.4. The van der Waals surface area contributed by atoms with E-state index in [4.69, 9.17) is 14.5 Å². The Morgan fingerprint density at radius 2 is 1.79 bits per heavy atom. The van der Waals surface area contributed by atoms with Gasteiger partial charge in [0.15, 0.2) is 11.4 Å². The lowest BCUT2D eigenvalue weighted by Crippen LogP contribution is -2.42. The number of aryl methyl sites for hydroxylation is 2. The van der Waals surface area contributed by atoms with Gasteiger partial charge in [-0.3, -0.25) is 0 Å². The van der Waals surface area contributed by atoms with Gasteiger partial charge in [-0.15, -0.1) is 0 Å². The molecule has 3 heterocycles. The number of pyridine rings is 1. The minimum Gasteiger partial charge on any atom is -0.419 e. The summed E-state index contributed by atoms with van der Waals surface area (Å²) in [6.45, 7) is 6.89. The molecular formula is C21H20N4O4. The molecule has 0 radical (unpaired) electrons. The molecule has 0 aliphatic carbocycles. The SMILES string of the molecule is Cc1cc(C)n(-c2ccc3cccc(NC=C4C(=O)OC(C)(C)OC4=O)c3n2)n1. The number of anilines is 1. The Labute approximate surface area is 167 Å². The van der Waals surface area contributed by atoms with Gasteiger partial charge >= 0.3 is 11.9 Å². The largest absolute Gasteiger partial charge is 0.419 e. The zero-order valence-electron chi connectivity index (χ0n) is 16.5. The summed E-state index contributed by atoms with van der Waals surface area (Å²) in [5.74, 6) is -2.09. The molecule has 8 heteroatoms. The normalized spacial score (nSPS) is 15.8. The summed E-state index contributed by atoms with van der Waals surface area (Å²) in [5.41, 5.74) is 2.96. The van der Waals surface area contributed by atoms with E-state index in [-0.39, 0.29) is 5.57 Å². The maximum atomic E-state index is 12.1. The van der Waals surface area contributed by atoms with Crippen LogP contribution in [0.5, 0.6) is 0 Å². The third-order valence-corrected chi connectivity index (χ3v) is 4.42. The molecule has 1 saturated heterocycles. The standard InChI is InChI=1S/C21H20N4O4/c1-12-10-13(2)25(24-12)17-9-8-14-6-5-7-16(18(14)23-17)22-11-15-19(26)28-21(3,4)29-20(15)27/h5-11,22H,1-4H3. The fourth-order valence-corrected chi connectivity index (χ4v) is 3.16. The zero-order valence-corrected chi connectivity index (χ0v) is 16.5. The highest BCUT2D eigenvalue weighted by Gasteiger charge is 2.38. The molecule has 8 nitrogen and oxygen atoms in total. The van der Waals surface area contributed by atoms with Crippen molar-refractivity contribution in [2.75, 3.05) is 5.32 Å². The molecule has 0 bridgehead atoms. The Hall–Kier alpha value is -3.68. The van der Waals surface area contributed by atoms with Crippen LogP contribution >= 0.6 is 0 Å². The number of hydrogen-bond acceptors (Lipinski definition) is 7. The van der Waals surface area contributed by atoms with Gasteiger partial charge in [-0.05, 0) is 38.1 Å². The van der Waals surface area contributed by atoms with Gasteiger partial charge in [0.1, 0.15) is 0 Å². The van der Waals surface area contributed by atoms with Crippen LogP contribution < -0.4 is 5.32 Å². The van der Waals surface area contributed by atoms with Crippen molar-refractivity contribution >= 4 is 28.5 Å². The van der Waals surface area contributed by atoms with Crippen molar-refractivity contribution in [1.82, 2.24) is 14.8 Å². The monoisotopic (exact) mass is 392 g/mol. The molecule has 3 aromatic rings. The third-order valence-electron chi connectivity index (χ3n) is 4.42. The zero-order chi connectivity index (χ0) is 20.8. The topological polar surface area (TPSA) is 95.3 Å².